The summed E-state index contributed by atoms with van der Waals surface area (Å²) in [6, 6.07) is 4.88. The van der Waals surface area contributed by atoms with E-state index in [4.69, 9.17) is 5.26 Å². The molecule has 6 nitrogen and oxygen atoms in total. The lowest BCUT2D eigenvalue weighted by Gasteiger charge is -2.04. The van der Waals surface area contributed by atoms with Gasteiger partial charge in [-0.25, -0.2) is 4.39 Å². The van der Waals surface area contributed by atoms with E-state index in [1.165, 1.54) is 10.9 Å². The molecule has 1 heterocycles. The number of halogens is 1. The Morgan fingerprint density at radius 3 is 3.00 bits per heavy atom. The van der Waals surface area contributed by atoms with Crippen molar-refractivity contribution < 1.29 is 14.3 Å². The highest BCUT2D eigenvalue weighted by Crippen LogP contribution is 2.20. The summed E-state index contributed by atoms with van der Waals surface area (Å²) in [5.74, 6) is -1.69. The van der Waals surface area contributed by atoms with Crippen molar-refractivity contribution in [3.05, 3.63) is 41.3 Å². The average molecular weight is 260 g/mol. The minimum absolute atomic E-state index is 0.0543. The van der Waals surface area contributed by atoms with Crippen LogP contribution in [0.5, 0.6) is 5.75 Å². The molecular formula is C12H9FN4O2. The fraction of sp³-hybridized carbons (Fsp3) is 0.0833. The van der Waals surface area contributed by atoms with E-state index in [2.05, 4.69) is 10.4 Å². The second-order valence-corrected chi connectivity index (χ2v) is 3.79. The van der Waals surface area contributed by atoms with Crippen LogP contribution in [0.4, 0.5) is 10.2 Å². The van der Waals surface area contributed by atoms with Gasteiger partial charge in [0.15, 0.2) is 5.82 Å². The van der Waals surface area contributed by atoms with Gasteiger partial charge in [0.25, 0.3) is 5.91 Å². The summed E-state index contributed by atoms with van der Waals surface area (Å²) in [4.78, 5) is 11.9. The number of carbonyl (C=O) groups excluding carboxylic acids is 1. The lowest BCUT2D eigenvalue weighted by Crippen LogP contribution is -2.13. The Kier molecular flexibility index (Phi) is 3.16. The van der Waals surface area contributed by atoms with E-state index >= 15 is 0 Å². The van der Waals surface area contributed by atoms with Gasteiger partial charge in [-0.05, 0) is 18.2 Å². The number of nitrogens with zero attached hydrogens (tertiary/aromatic N) is 3. The third-order valence-electron chi connectivity index (χ3n) is 2.38. The summed E-state index contributed by atoms with van der Waals surface area (Å²) < 4.78 is 14.4. The smallest absolute Gasteiger partial charge is 0.260 e. The molecule has 0 atom stereocenters. The quantitative estimate of drug-likeness (QED) is 0.853. The molecule has 19 heavy (non-hydrogen) atoms. The van der Waals surface area contributed by atoms with Crippen LogP contribution in [-0.4, -0.2) is 20.8 Å². The van der Waals surface area contributed by atoms with E-state index in [-0.39, 0.29) is 22.7 Å². The fourth-order valence-corrected chi connectivity index (χ4v) is 1.53. The first-order valence-corrected chi connectivity index (χ1v) is 5.25. The number of amides is 1. The number of benzene rings is 1. The molecule has 0 aliphatic rings. The van der Waals surface area contributed by atoms with Crippen LogP contribution in [0.1, 0.15) is 15.9 Å². The molecule has 0 fully saturated rings. The Morgan fingerprint density at radius 1 is 1.58 bits per heavy atom. The molecule has 0 aliphatic heterocycles. The van der Waals surface area contributed by atoms with E-state index in [1.54, 1.807) is 7.05 Å². The van der Waals surface area contributed by atoms with Crippen LogP contribution in [0.25, 0.3) is 0 Å². The Balaban J connectivity index is 2.31. The number of hydrogen-bond donors (Lipinski definition) is 2. The maximum Gasteiger partial charge on any atom is 0.260 e. The van der Waals surface area contributed by atoms with Crippen LogP contribution in [0.2, 0.25) is 0 Å². The topological polar surface area (TPSA) is 90.9 Å². The van der Waals surface area contributed by atoms with Crippen molar-refractivity contribution in [1.29, 1.82) is 5.26 Å². The standard InChI is InChI=1S/C12H9FN4O2/c1-17-6-7(5-14)11(16-17)15-12(19)9-4-8(13)2-3-10(9)18/h2-4,6,18H,1H3,(H,15,16,19). The maximum absolute atomic E-state index is 13.0. The number of aryl methyl sites for hydroxylation is 1. The molecule has 1 aromatic carbocycles. The van der Waals surface area contributed by atoms with Crippen LogP contribution in [0.15, 0.2) is 24.4 Å². The van der Waals surface area contributed by atoms with Gasteiger partial charge in [-0.3, -0.25) is 9.48 Å². The molecular weight excluding hydrogens is 251 g/mol. The average Bonchev–Trinajstić information content (AvgIpc) is 2.72. The first-order chi connectivity index (χ1) is 9.01. The van der Waals surface area contributed by atoms with Crippen molar-refractivity contribution in [1.82, 2.24) is 9.78 Å². The van der Waals surface area contributed by atoms with Gasteiger partial charge < -0.3 is 10.4 Å². The number of rotatable bonds is 2. The first kappa shape index (κ1) is 12.6. The number of aromatic hydroxyl groups is 1. The molecule has 2 aromatic rings. The molecule has 0 bridgehead atoms. The summed E-state index contributed by atoms with van der Waals surface area (Å²) in [6.45, 7) is 0. The van der Waals surface area contributed by atoms with Crippen molar-refractivity contribution in [3.8, 4) is 11.8 Å². The minimum Gasteiger partial charge on any atom is -0.507 e. The lowest BCUT2D eigenvalue weighted by molar-refractivity contribution is 0.102. The van der Waals surface area contributed by atoms with Gasteiger partial charge in [-0.2, -0.15) is 10.4 Å². The predicted octanol–water partition coefficient (Wildman–Crippen LogP) is 1.39. The van der Waals surface area contributed by atoms with Gasteiger partial charge in [0.2, 0.25) is 0 Å². The molecule has 2 N–H and O–H groups in total. The van der Waals surface area contributed by atoms with E-state index in [1.807, 2.05) is 6.07 Å². The number of nitrogens with one attached hydrogen (secondary N) is 1. The molecule has 0 spiro atoms. The molecule has 1 aromatic heterocycles. The van der Waals surface area contributed by atoms with Crippen molar-refractivity contribution >= 4 is 11.7 Å². The lowest BCUT2D eigenvalue weighted by atomic mass is 10.2. The van der Waals surface area contributed by atoms with E-state index in [9.17, 15) is 14.3 Å². The van der Waals surface area contributed by atoms with Gasteiger partial charge >= 0.3 is 0 Å². The predicted molar refractivity (Wildman–Crippen MR) is 63.9 cm³/mol. The third kappa shape index (κ3) is 2.52. The Labute approximate surface area is 107 Å². The van der Waals surface area contributed by atoms with Crippen LogP contribution in [0.3, 0.4) is 0 Å². The largest absolute Gasteiger partial charge is 0.507 e. The van der Waals surface area contributed by atoms with Gasteiger partial charge in [0.05, 0.1) is 5.56 Å². The Morgan fingerprint density at radius 2 is 2.32 bits per heavy atom. The normalized spacial score (nSPS) is 9.95. The molecule has 0 radical (unpaired) electrons. The number of carbonyl (C=O) groups is 1. The zero-order valence-electron chi connectivity index (χ0n) is 9.88. The van der Waals surface area contributed by atoms with Gasteiger partial charge in [0.1, 0.15) is 23.2 Å². The zero-order chi connectivity index (χ0) is 14.0. The maximum atomic E-state index is 13.0. The van der Waals surface area contributed by atoms with Gasteiger partial charge in [0, 0.05) is 13.2 Å². The first-order valence-electron chi connectivity index (χ1n) is 5.25. The van der Waals surface area contributed by atoms with Crippen molar-refractivity contribution in [2.75, 3.05) is 5.32 Å². The Hall–Kier alpha value is -2.88. The summed E-state index contributed by atoms with van der Waals surface area (Å²) in [5.41, 5.74) is -0.0544. The summed E-state index contributed by atoms with van der Waals surface area (Å²) in [7, 11) is 1.59. The summed E-state index contributed by atoms with van der Waals surface area (Å²) >= 11 is 0. The molecule has 1 amide bonds. The van der Waals surface area contributed by atoms with Gasteiger partial charge in [-0.1, -0.05) is 0 Å². The second kappa shape index (κ2) is 4.78. The minimum atomic E-state index is -0.743. The monoisotopic (exact) mass is 260 g/mol. The van der Waals surface area contributed by atoms with Gasteiger partial charge in [-0.15, -0.1) is 0 Å². The van der Waals surface area contributed by atoms with Crippen molar-refractivity contribution in [2.24, 2.45) is 7.05 Å². The molecule has 96 valence electrons. The Bertz CT molecular complexity index is 688. The van der Waals surface area contributed by atoms with Crippen LogP contribution < -0.4 is 5.32 Å². The number of aromatic nitrogens is 2. The van der Waals surface area contributed by atoms with E-state index < -0.39 is 11.7 Å². The molecule has 0 aliphatic carbocycles. The number of phenols is 1. The van der Waals surface area contributed by atoms with E-state index in [0.717, 1.165) is 18.2 Å². The van der Waals surface area contributed by atoms with Crippen molar-refractivity contribution in [2.45, 2.75) is 0 Å². The molecule has 0 saturated carbocycles. The highest BCUT2D eigenvalue weighted by atomic mass is 19.1. The van der Waals surface area contributed by atoms with Crippen LogP contribution in [0, 0.1) is 17.1 Å². The number of hydrogen-bond acceptors (Lipinski definition) is 4. The molecule has 0 unspecified atom stereocenters. The van der Waals surface area contributed by atoms with Crippen molar-refractivity contribution in [3.63, 3.8) is 0 Å². The molecule has 7 heteroatoms. The van der Waals surface area contributed by atoms with Crippen LogP contribution in [-0.2, 0) is 7.05 Å². The zero-order valence-corrected chi connectivity index (χ0v) is 9.88. The number of anilines is 1. The third-order valence-corrected chi connectivity index (χ3v) is 2.38. The number of phenolic OH excluding ortho intramolecular Hbond substituents is 1. The molecule has 0 saturated heterocycles. The summed E-state index contributed by atoms with van der Waals surface area (Å²) in [6.07, 6.45) is 1.43. The molecule has 2 rings (SSSR count). The fourth-order valence-electron chi connectivity index (χ4n) is 1.53. The highest BCUT2D eigenvalue weighted by Gasteiger charge is 2.16. The summed E-state index contributed by atoms with van der Waals surface area (Å²) in [5, 5.41) is 24.6. The highest BCUT2D eigenvalue weighted by molar-refractivity contribution is 6.06. The number of nitriles is 1. The van der Waals surface area contributed by atoms with Crippen LogP contribution >= 0.6 is 0 Å². The second-order valence-electron chi connectivity index (χ2n) is 3.79. The van der Waals surface area contributed by atoms with E-state index in [0.29, 0.717) is 0 Å². The SMILES string of the molecule is Cn1cc(C#N)c(NC(=O)c2cc(F)ccc2O)n1.